The molecule has 0 spiro atoms. The topological polar surface area (TPSA) is 85.1 Å². The first kappa shape index (κ1) is 13.9. The summed E-state index contributed by atoms with van der Waals surface area (Å²) in [6.45, 7) is 3.29. The van der Waals surface area contributed by atoms with Crippen molar-refractivity contribution in [1.29, 1.82) is 0 Å². The van der Waals surface area contributed by atoms with E-state index in [0.717, 1.165) is 5.56 Å². The van der Waals surface area contributed by atoms with Crippen LogP contribution in [0.1, 0.15) is 23.0 Å². The molecular weight excluding hydrogens is 309 g/mol. The molecule has 0 aromatic carbocycles. The molecule has 1 aromatic rings. The first-order valence-electron chi connectivity index (χ1n) is 4.75. The third kappa shape index (κ3) is 3.41. The molecule has 0 saturated carbocycles. The third-order valence-electron chi connectivity index (χ3n) is 2.09. The Balaban J connectivity index is 2.97. The fraction of sp³-hybridized carbons (Fsp3) is 0.300. The quantitative estimate of drug-likeness (QED) is 0.826. The van der Waals surface area contributed by atoms with Crippen molar-refractivity contribution >= 4 is 39.3 Å². The normalized spacial score (nSPS) is 12.0. The van der Waals surface area contributed by atoms with E-state index >= 15 is 0 Å². The van der Waals surface area contributed by atoms with Gasteiger partial charge in [0.05, 0.1) is 5.02 Å². The van der Waals surface area contributed by atoms with Crippen molar-refractivity contribution in [2.45, 2.75) is 19.9 Å². The zero-order valence-electron chi connectivity index (χ0n) is 9.25. The van der Waals surface area contributed by atoms with Gasteiger partial charge in [-0.2, -0.15) is 0 Å². The molecule has 0 saturated heterocycles. The smallest absolute Gasteiger partial charge is 0.272 e. The second-order valence-corrected chi connectivity index (χ2v) is 4.68. The summed E-state index contributed by atoms with van der Waals surface area (Å²) >= 11 is 9.10. The number of carbonyl (C=O) groups is 2. The average Bonchev–Trinajstić information content (AvgIpc) is 2.22. The Morgan fingerprint density at radius 1 is 1.59 bits per heavy atom. The lowest BCUT2D eigenvalue weighted by Crippen LogP contribution is -2.42. The van der Waals surface area contributed by atoms with Gasteiger partial charge in [0.25, 0.3) is 5.91 Å². The Morgan fingerprint density at radius 3 is 2.71 bits per heavy atom. The van der Waals surface area contributed by atoms with Crippen LogP contribution in [0.5, 0.6) is 0 Å². The maximum absolute atomic E-state index is 11.8. The molecule has 1 unspecified atom stereocenters. The Hall–Kier alpha value is -1.14. The van der Waals surface area contributed by atoms with E-state index < -0.39 is 17.9 Å². The van der Waals surface area contributed by atoms with Crippen LogP contribution < -0.4 is 11.1 Å². The van der Waals surface area contributed by atoms with E-state index in [2.05, 4.69) is 26.2 Å². The molecule has 0 bridgehead atoms. The summed E-state index contributed by atoms with van der Waals surface area (Å²) in [5.74, 6) is -1.16. The van der Waals surface area contributed by atoms with E-state index in [9.17, 15) is 9.59 Å². The number of halogens is 2. The standard InChI is InChI=1S/C10H11BrClN3O2/c1-4-3-6(12)7(15-8(4)11)10(17)14-5(2)9(13)16/h3,5H,1-2H3,(H2,13,16)(H,14,17). The van der Waals surface area contributed by atoms with Gasteiger partial charge in [-0.1, -0.05) is 11.6 Å². The zero-order chi connectivity index (χ0) is 13.2. The Kier molecular flexibility index (Phi) is 4.47. The Morgan fingerprint density at radius 2 is 2.18 bits per heavy atom. The number of hydrogen-bond donors (Lipinski definition) is 2. The van der Waals surface area contributed by atoms with Crippen LogP contribution in [-0.4, -0.2) is 22.8 Å². The summed E-state index contributed by atoms with van der Waals surface area (Å²) in [7, 11) is 0. The van der Waals surface area contributed by atoms with Gasteiger partial charge in [-0.25, -0.2) is 4.98 Å². The van der Waals surface area contributed by atoms with E-state index in [1.165, 1.54) is 6.92 Å². The van der Waals surface area contributed by atoms with Gasteiger partial charge in [-0.3, -0.25) is 9.59 Å². The molecule has 92 valence electrons. The molecule has 0 aliphatic carbocycles. The number of hydrogen-bond acceptors (Lipinski definition) is 3. The lowest BCUT2D eigenvalue weighted by molar-refractivity contribution is -0.119. The van der Waals surface area contributed by atoms with E-state index in [-0.39, 0.29) is 10.7 Å². The minimum Gasteiger partial charge on any atom is -0.368 e. The van der Waals surface area contributed by atoms with Gasteiger partial charge in [0.1, 0.15) is 16.3 Å². The molecule has 0 aliphatic rings. The van der Waals surface area contributed by atoms with Crippen LogP contribution in [-0.2, 0) is 4.79 Å². The molecule has 0 radical (unpaired) electrons. The lowest BCUT2D eigenvalue weighted by atomic mass is 10.2. The number of nitrogens with zero attached hydrogens (tertiary/aromatic N) is 1. The van der Waals surface area contributed by atoms with Crippen LogP contribution in [0.25, 0.3) is 0 Å². The minimum absolute atomic E-state index is 0.0530. The monoisotopic (exact) mass is 319 g/mol. The van der Waals surface area contributed by atoms with Crippen molar-refractivity contribution < 1.29 is 9.59 Å². The highest BCUT2D eigenvalue weighted by atomic mass is 79.9. The molecule has 1 atom stereocenters. The largest absolute Gasteiger partial charge is 0.368 e. The van der Waals surface area contributed by atoms with Gasteiger partial charge < -0.3 is 11.1 Å². The van der Waals surface area contributed by atoms with Crippen LogP contribution in [0.3, 0.4) is 0 Å². The fourth-order valence-corrected chi connectivity index (χ4v) is 1.64. The van der Waals surface area contributed by atoms with Crippen LogP contribution in [0, 0.1) is 6.92 Å². The van der Waals surface area contributed by atoms with Crippen molar-refractivity contribution in [1.82, 2.24) is 10.3 Å². The Bertz CT molecular complexity index is 479. The summed E-state index contributed by atoms with van der Waals surface area (Å²) in [6.07, 6.45) is 0. The number of aromatic nitrogens is 1. The molecule has 2 amide bonds. The van der Waals surface area contributed by atoms with Crippen molar-refractivity contribution in [3.63, 3.8) is 0 Å². The van der Waals surface area contributed by atoms with Gasteiger partial charge in [0, 0.05) is 0 Å². The highest BCUT2D eigenvalue weighted by Crippen LogP contribution is 2.21. The number of aryl methyl sites for hydroxylation is 1. The van der Waals surface area contributed by atoms with Crippen molar-refractivity contribution in [3.05, 3.63) is 26.9 Å². The van der Waals surface area contributed by atoms with Crippen LogP contribution >= 0.6 is 27.5 Å². The number of rotatable bonds is 3. The van der Waals surface area contributed by atoms with Gasteiger partial charge >= 0.3 is 0 Å². The molecule has 17 heavy (non-hydrogen) atoms. The fourth-order valence-electron chi connectivity index (χ4n) is 1.05. The van der Waals surface area contributed by atoms with E-state index in [4.69, 9.17) is 17.3 Å². The molecule has 5 nitrogen and oxygen atoms in total. The van der Waals surface area contributed by atoms with Gasteiger partial charge in [0.15, 0.2) is 0 Å². The summed E-state index contributed by atoms with van der Waals surface area (Å²) in [5, 5.41) is 2.62. The highest BCUT2D eigenvalue weighted by Gasteiger charge is 2.18. The van der Waals surface area contributed by atoms with Crippen LogP contribution in [0.15, 0.2) is 10.7 Å². The summed E-state index contributed by atoms with van der Waals surface area (Å²) in [4.78, 5) is 26.6. The maximum atomic E-state index is 11.8. The summed E-state index contributed by atoms with van der Waals surface area (Å²) < 4.78 is 0.527. The van der Waals surface area contributed by atoms with Gasteiger partial charge in [-0.15, -0.1) is 0 Å². The van der Waals surface area contributed by atoms with E-state index in [1.807, 2.05) is 0 Å². The number of pyridine rings is 1. The third-order valence-corrected chi connectivity index (χ3v) is 3.19. The molecule has 1 rings (SSSR count). The highest BCUT2D eigenvalue weighted by molar-refractivity contribution is 9.10. The number of nitrogens with one attached hydrogen (secondary N) is 1. The second-order valence-electron chi connectivity index (χ2n) is 3.52. The van der Waals surface area contributed by atoms with E-state index in [0.29, 0.717) is 4.60 Å². The van der Waals surface area contributed by atoms with Crippen molar-refractivity contribution in [2.75, 3.05) is 0 Å². The zero-order valence-corrected chi connectivity index (χ0v) is 11.6. The molecular formula is C10H11BrClN3O2. The predicted octanol–water partition coefficient (Wildman–Crippen LogP) is 1.41. The molecule has 0 aliphatic heterocycles. The SMILES string of the molecule is Cc1cc(Cl)c(C(=O)NC(C)C(N)=O)nc1Br. The molecule has 0 fully saturated rings. The first-order chi connectivity index (χ1) is 7.82. The number of nitrogens with two attached hydrogens (primary N) is 1. The number of primary amides is 1. The van der Waals surface area contributed by atoms with Crippen molar-refractivity contribution in [2.24, 2.45) is 5.73 Å². The van der Waals surface area contributed by atoms with E-state index in [1.54, 1.807) is 13.0 Å². The molecule has 1 heterocycles. The molecule has 7 heteroatoms. The number of carbonyl (C=O) groups excluding carboxylic acids is 2. The Labute approximate surface area is 112 Å². The first-order valence-corrected chi connectivity index (χ1v) is 5.93. The number of amides is 2. The van der Waals surface area contributed by atoms with Crippen molar-refractivity contribution in [3.8, 4) is 0 Å². The van der Waals surface area contributed by atoms with Gasteiger partial charge in [0.2, 0.25) is 5.91 Å². The maximum Gasteiger partial charge on any atom is 0.272 e. The second kappa shape index (κ2) is 5.46. The van der Waals surface area contributed by atoms with Crippen LogP contribution in [0.2, 0.25) is 5.02 Å². The van der Waals surface area contributed by atoms with Crippen LogP contribution in [0.4, 0.5) is 0 Å². The predicted molar refractivity (Wildman–Crippen MR) is 67.8 cm³/mol. The molecule has 3 N–H and O–H groups in total. The average molecular weight is 321 g/mol. The minimum atomic E-state index is -0.777. The van der Waals surface area contributed by atoms with Gasteiger partial charge in [-0.05, 0) is 41.4 Å². The molecule has 1 aromatic heterocycles. The summed E-state index contributed by atoms with van der Waals surface area (Å²) in [6, 6.07) is 0.836. The lowest BCUT2D eigenvalue weighted by Gasteiger charge is -2.11. The summed E-state index contributed by atoms with van der Waals surface area (Å²) in [5.41, 5.74) is 5.91.